The molecule has 1 atom stereocenters. The lowest BCUT2D eigenvalue weighted by atomic mass is 10.2. The van der Waals surface area contributed by atoms with E-state index < -0.39 is 17.8 Å². The molecule has 0 aromatic heterocycles. The zero-order valence-electron chi connectivity index (χ0n) is 12.4. The molecule has 0 fully saturated rings. The molecule has 2 rings (SSSR count). The normalized spacial score (nSPS) is 12.2. The van der Waals surface area contributed by atoms with Crippen molar-refractivity contribution in [2.75, 3.05) is 0 Å². The first-order valence-electron chi connectivity index (χ1n) is 6.77. The fourth-order valence-corrected chi connectivity index (χ4v) is 2.36. The van der Waals surface area contributed by atoms with Gasteiger partial charge in [0.25, 0.3) is 5.91 Å². The van der Waals surface area contributed by atoms with Gasteiger partial charge in [0, 0.05) is 10.6 Å². The van der Waals surface area contributed by atoms with Gasteiger partial charge >= 0.3 is 0 Å². The summed E-state index contributed by atoms with van der Waals surface area (Å²) in [5.74, 6) is -0.771. The summed E-state index contributed by atoms with van der Waals surface area (Å²) in [6, 6.07) is 8.87. The van der Waals surface area contributed by atoms with Crippen LogP contribution in [0.15, 0.2) is 41.5 Å². The standard InChI is InChI=1S/C16H12Cl3FN2O2/c1-9(24-15-6-5-10(17)7-13(15)19)16(23)22-21-8-11-12(18)3-2-4-14(11)20/h2-9H,1H3,(H,22,23)/b21-8+. The zero-order chi connectivity index (χ0) is 17.7. The van der Waals surface area contributed by atoms with E-state index in [-0.39, 0.29) is 15.6 Å². The fourth-order valence-electron chi connectivity index (χ4n) is 1.70. The Bertz CT molecular complexity index is 764. The summed E-state index contributed by atoms with van der Waals surface area (Å²) < 4.78 is 19.0. The van der Waals surface area contributed by atoms with Crippen molar-refractivity contribution in [3.63, 3.8) is 0 Å². The first-order chi connectivity index (χ1) is 11.4. The van der Waals surface area contributed by atoms with Crippen molar-refractivity contribution in [2.24, 2.45) is 5.10 Å². The third-order valence-corrected chi connectivity index (χ3v) is 3.80. The van der Waals surface area contributed by atoms with E-state index in [1.807, 2.05) is 0 Å². The molecule has 2 aromatic carbocycles. The van der Waals surface area contributed by atoms with Gasteiger partial charge in [0.05, 0.1) is 16.3 Å². The van der Waals surface area contributed by atoms with Crippen LogP contribution in [0.2, 0.25) is 15.1 Å². The summed E-state index contributed by atoms with van der Waals surface area (Å²) in [5.41, 5.74) is 2.33. The summed E-state index contributed by atoms with van der Waals surface area (Å²) in [7, 11) is 0. The van der Waals surface area contributed by atoms with E-state index in [9.17, 15) is 9.18 Å². The second kappa shape index (κ2) is 8.33. The number of rotatable bonds is 5. The van der Waals surface area contributed by atoms with Gasteiger partial charge < -0.3 is 4.74 Å². The molecule has 0 saturated heterocycles. The number of hydrazone groups is 1. The zero-order valence-corrected chi connectivity index (χ0v) is 14.7. The lowest BCUT2D eigenvalue weighted by Crippen LogP contribution is -2.33. The molecule has 0 heterocycles. The Morgan fingerprint density at radius 2 is 2.00 bits per heavy atom. The third kappa shape index (κ3) is 4.84. The Labute approximate surface area is 153 Å². The number of carbonyl (C=O) groups excluding carboxylic acids is 1. The summed E-state index contributed by atoms with van der Waals surface area (Å²) in [5, 5.41) is 4.60. The summed E-state index contributed by atoms with van der Waals surface area (Å²) in [6.07, 6.45) is 0.245. The highest BCUT2D eigenvalue weighted by Gasteiger charge is 2.16. The number of hydrogen-bond donors (Lipinski definition) is 1. The number of benzene rings is 2. The molecule has 0 aliphatic carbocycles. The summed E-state index contributed by atoms with van der Waals surface area (Å²) in [4.78, 5) is 11.9. The van der Waals surface area contributed by atoms with Gasteiger partial charge in [-0.05, 0) is 37.3 Å². The van der Waals surface area contributed by atoms with Crippen LogP contribution in [0.1, 0.15) is 12.5 Å². The van der Waals surface area contributed by atoms with Crippen LogP contribution < -0.4 is 10.2 Å². The number of nitrogens with zero attached hydrogens (tertiary/aromatic N) is 1. The summed E-state index contributed by atoms with van der Waals surface area (Å²) >= 11 is 17.6. The third-order valence-electron chi connectivity index (χ3n) is 2.93. The quantitative estimate of drug-likeness (QED) is 0.595. The molecule has 1 amide bonds. The minimum atomic E-state index is -0.878. The maximum Gasteiger partial charge on any atom is 0.280 e. The highest BCUT2D eigenvalue weighted by atomic mass is 35.5. The van der Waals surface area contributed by atoms with E-state index in [4.69, 9.17) is 39.5 Å². The minimum Gasteiger partial charge on any atom is -0.479 e. The van der Waals surface area contributed by atoms with E-state index in [2.05, 4.69) is 10.5 Å². The molecule has 8 heteroatoms. The second-order valence-electron chi connectivity index (χ2n) is 4.70. The van der Waals surface area contributed by atoms with Crippen molar-refractivity contribution in [3.8, 4) is 5.75 Å². The van der Waals surface area contributed by atoms with Crippen LogP contribution in [0, 0.1) is 5.82 Å². The smallest absolute Gasteiger partial charge is 0.280 e. The topological polar surface area (TPSA) is 50.7 Å². The van der Waals surface area contributed by atoms with Crippen molar-refractivity contribution in [1.29, 1.82) is 0 Å². The van der Waals surface area contributed by atoms with E-state index in [0.717, 1.165) is 6.21 Å². The molecule has 1 N–H and O–H groups in total. The van der Waals surface area contributed by atoms with Crippen molar-refractivity contribution in [1.82, 2.24) is 5.43 Å². The molecule has 126 valence electrons. The van der Waals surface area contributed by atoms with Crippen LogP contribution in [0.5, 0.6) is 5.75 Å². The van der Waals surface area contributed by atoms with Gasteiger partial charge in [-0.3, -0.25) is 4.79 Å². The second-order valence-corrected chi connectivity index (χ2v) is 5.96. The predicted octanol–water partition coefficient (Wildman–Crippen LogP) is 4.70. The van der Waals surface area contributed by atoms with Crippen LogP contribution in [0.4, 0.5) is 4.39 Å². The van der Waals surface area contributed by atoms with E-state index in [0.29, 0.717) is 10.8 Å². The molecule has 1 unspecified atom stereocenters. The number of ether oxygens (including phenoxy) is 1. The maximum atomic E-state index is 13.6. The van der Waals surface area contributed by atoms with Gasteiger partial charge in [-0.25, -0.2) is 9.82 Å². The van der Waals surface area contributed by atoms with Crippen molar-refractivity contribution < 1.29 is 13.9 Å². The van der Waals surface area contributed by atoms with Crippen molar-refractivity contribution in [2.45, 2.75) is 13.0 Å². The Hall–Kier alpha value is -1.82. The monoisotopic (exact) mass is 388 g/mol. The Morgan fingerprint density at radius 3 is 2.67 bits per heavy atom. The van der Waals surface area contributed by atoms with Crippen molar-refractivity contribution >= 4 is 46.9 Å². The number of amides is 1. The highest BCUT2D eigenvalue weighted by Crippen LogP contribution is 2.28. The average Bonchev–Trinajstić information content (AvgIpc) is 2.52. The summed E-state index contributed by atoms with van der Waals surface area (Å²) in [6.45, 7) is 1.52. The van der Waals surface area contributed by atoms with E-state index in [1.165, 1.54) is 31.2 Å². The first-order valence-corrected chi connectivity index (χ1v) is 7.90. The molecule has 0 saturated carbocycles. The highest BCUT2D eigenvalue weighted by molar-refractivity contribution is 6.35. The molecule has 24 heavy (non-hydrogen) atoms. The van der Waals surface area contributed by atoms with Crippen LogP contribution in [0.25, 0.3) is 0 Å². The Balaban J connectivity index is 1.98. The van der Waals surface area contributed by atoms with Crippen LogP contribution in [-0.2, 0) is 4.79 Å². The van der Waals surface area contributed by atoms with E-state index in [1.54, 1.807) is 12.1 Å². The molecule has 0 radical (unpaired) electrons. The van der Waals surface area contributed by atoms with Crippen LogP contribution in [0.3, 0.4) is 0 Å². The Morgan fingerprint density at radius 1 is 1.25 bits per heavy atom. The largest absolute Gasteiger partial charge is 0.479 e. The molecule has 0 aliphatic heterocycles. The van der Waals surface area contributed by atoms with E-state index >= 15 is 0 Å². The van der Waals surface area contributed by atoms with Gasteiger partial charge in [-0.1, -0.05) is 40.9 Å². The Kier molecular flexibility index (Phi) is 6.43. The molecule has 4 nitrogen and oxygen atoms in total. The minimum absolute atomic E-state index is 0.0776. The van der Waals surface area contributed by atoms with Crippen molar-refractivity contribution in [3.05, 3.63) is 62.8 Å². The van der Waals surface area contributed by atoms with Gasteiger partial charge in [0.2, 0.25) is 0 Å². The SMILES string of the molecule is CC(Oc1ccc(Cl)cc1Cl)C(=O)N/N=C/c1c(F)cccc1Cl. The lowest BCUT2D eigenvalue weighted by Gasteiger charge is -2.14. The number of carbonyl (C=O) groups is 1. The molecular weight excluding hydrogens is 378 g/mol. The lowest BCUT2D eigenvalue weighted by molar-refractivity contribution is -0.127. The van der Waals surface area contributed by atoms with Crippen LogP contribution >= 0.6 is 34.8 Å². The van der Waals surface area contributed by atoms with Gasteiger partial charge in [-0.2, -0.15) is 5.10 Å². The number of halogens is 4. The molecule has 0 bridgehead atoms. The van der Waals surface area contributed by atoms with Gasteiger partial charge in [-0.15, -0.1) is 0 Å². The first kappa shape index (κ1) is 18.5. The maximum absolute atomic E-state index is 13.6. The fraction of sp³-hybridized carbons (Fsp3) is 0.125. The molecule has 0 spiro atoms. The predicted molar refractivity (Wildman–Crippen MR) is 93.7 cm³/mol. The van der Waals surface area contributed by atoms with Gasteiger partial charge in [0.1, 0.15) is 11.6 Å². The molecular formula is C16H12Cl3FN2O2. The van der Waals surface area contributed by atoms with Crippen LogP contribution in [-0.4, -0.2) is 18.2 Å². The molecule has 2 aromatic rings. The number of nitrogens with one attached hydrogen (secondary N) is 1. The van der Waals surface area contributed by atoms with Gasteiger partial charge in [0.15, 0.2) is 6.10 Å². The molecule has 0 aliphatic rings. The average molecular weight is 390 g/mol. The number of hydrogen-bond acceptors (Lipinski definition) is 3.